The zero-order valence-corrected chi connectivity index (χ0v) is 12.1. The minimum Gasteiger partial charge on any atom is -0.396 e. The van der Waals surface area contributed by atoms with Gasteiger partial charge in [0.05, 0.1) is 5.69 Å². The van der Waals surface area contributed by atoms with Crippen molar-refractivity contribution in [1.82, 2.24) is 9.88 Å². The minimum absolute atomic E-state index is 0.234. The number of rotatable bonds is 6. The van der Waals surface area contributed by atoms with Crippen LogP contribution < -0.4 is 16.4 Å². The second-order valence-electron chi connectivity index (χ2n) is 4.87. The van der Waals surface area contributed by atoms with Gasteiger partial charge in [-0.25, -0.2) is 4.98 Å². The van der Waals surface area contributed by atoms with Gasteiger partial charge in [0, 0.05) is 19.1 Å². The number of carbonyl (C=O) groups excluding carboxylic acids is 1. The van der Waals surface area contributed by atoms with Gasteiger partial charge in [-0.05, 0) is 40.1 Å². The van der Waals surface area contributed by atoms with Crippen LogP contribution in [0.4, 0.5) is 11.5 Å². The number of primary amides is 1. The Morgan fingerprint density at radius 1 is 1.42 bits per heavy atom. The SMILES string of the molecule is CCN(c1nc(C(N)=O)ccc1N)C(C)CN(C)C. The molecule has 1 rings (SSSR count). The molecule has 0 aromatic carbocycles. The topological polar surface area (TPSA) is 88.5 Å². The molecular formula is C13H23N5O. The van der Waals surface area contributed by atoms with E-state index < -0.39 is 5.91 Å². The Morgan fingerprint density at radius 3 is 2.53 bits per heavy atom. The van der Waals surface area contributed by atoms with Crippen molar-refractivity contribution in [2.24, 2.45) is 5.73 Å². The third kappa shape index (κ3) is 3.82. The highest BCUT2D eigenvalue weighted by atomic mass is 16.1. The lowest BCUT2D eigenvalue weighted by molar-refractivity contribution is 0.0995. The van der Waals surface area contributed by atoms with E-state index in [0.29, 0.717) is 11.5 Å². The molecule has 0 fully saturated rings. The van der Waals surface area contributed by atoms with Gasteiger partial charge in [-0.1, -0.05) is 0 Å². The summed E-state index contributed by atoms with van der Waals surface area (Å²) in [4.78, 5) is 19.7. The normalized spacial score (nSPS) is 12.5. The summed E-state index contributed by atoms with van der Waals surface area (Å²) in [5, 5.41) is 0. The van der Waals surface area contributed by atoms with Crippen molar-refractivity contribution in [3.63, 3.8) is 0 Å². The predicted octanol–water partition coefficient (Wildman–Crippen LogP) is 0.539. The number of anilines is 2. The van der Waals surface area contributed by atoms with Gasteiger partial charge in [0.1, 0.15) is 5.69 Å². The third-order valence-electron chi connectivity index (χ3n) is 2.93. The molecule has 1 aromatic heterocycles. The average molecular weight is 265 g/mol. The van der Waals surface area contributed by atoms with Crippen LogP contribution in [0.2, 0.25) is 0 Å². The van der Waals surface area contributed by atoms with Crippen LogP contribution in [-0.4, -0.2) is 49.0 Å². The van der Waals surface area contributed by atoms with Crippen LogP contribution in [0.15, 0.2) is 12.1 Å². The highest BCUT2D eigenvalue weighted by Gasteiger charge is 2.18. The molecule has 0 spiro atoms. The van der Waals surface area contributed by atoms with E-state index in [1.165, 1.54) is 0 Å². The van der Waals surface area contributed by atoms with Crippen molar-refractivity contribution in [3.05, 3.63) is 17.8 Å². The molecule has 0 aliphatic heterocycles. The van der Waals surface area contributed by atoms with E-state index in [9.17, 15) is 4.79 Å². The molecule has 6 nitrogen and oxygen atoms in total. The van der Waals surface area contributed by atoms with E-state index in [0.717, 1.165) is 13.1 Å². The van der Waals surface area contributed by atoms with Crippen LogP contribution in [0.1, 0.15) is 24.3 Å². The number of aromatic nitrogens is 1. The van der Waals surface area contributed by atoms with E-state index in [4.69, 9.17) is 11.5 Å². The van der Waals surface area contributed by atoms with E-state index in [2.05, 4.69) is 21.7 Å². The van der Waals surface area contributed by atoms with Crippen molar-refractivity contribution in [2.75, 3.05) is 37.8 Å². The summed E-state index contributed by atoms with van der Waals surface area (Å²) < 4.78 is 0. The Bertz CT molecular complexity index is 447. The molecule has 1 heterocycles. The lowest BCUT2D eigenvalue weighted by atomic mass is 10.2. The van der Waals surface area contributed by atoms with E-state index in [-0.39, 0.29) is 11.7 Å². The molecular weight excluding hydrogens is 242 g/mol. The summed E-state index contributed by atoms with van der Waals surface area (Å²) in [6, 6.07) is 3.46. The van der Waals surface area contributed by atoms with Crippen molar-refractivity contribution in [3.8, 4) is 0 Å². The van der Waals surface area contributed by atoms with Crippen LogP contribution in [0, 0.1) is 0 Å². The molecule has 1 unspecified atom stereocenters. The molecule has 4 N–H and O–H groups in total. The maximum absolute atomic E-state index is 11.2. The summed E-state index contributed by atoms with van der Waals surface area (Å²) in [6.45, 7) is 5.76. The number of amides is 1. The van der Waals surface area contributed by atoms with E-state index >= 15 is 0 Å². The zero-order valence-electron chi connectivity index (χ0n) is 12.1. The highest BCUT2D eigenvalue weighted by Crippen LogP contribution is 2.22. The molecule has 6 heteroatoms. The van der Waals surface area contributed by atoms with Crippen LogP contribution in [0.5, 0.6) is 0 Å². The average Bonchev–Trinajstić information content (AvgIpc) is 2.31. The maximum Gasteiger partial charge on any atom is 0.267 e. The monoisotopic (exact) mass is 265 g/mol. The Hall–Kier alpha value is -1.82. The summed E-state index contributed by atoms with van der Waals surface area (Å²) in [6.07, 6.45) is 0. The van der Waals surface area contributed by atoms with Gasteiger partial charge < -0.3 is 21.3 Å². The lowest BCUT2D eigenvalue weighted by Crippen LogP contribution is -2.41. The van der Waals surface area contributed by atoms with Crippen molar-refractivity contribution in [1.29, 1.82) is 0 Å². The number of pyridine rings is 1. The molecule has 0 saturated heterocycles. The Balaban J connectivity index is 3.09. The van der Waals surface area contributed by atoms with Gasteiger partial charge in [0.25, 0.3) is 5.91 Å². The minimum atomic E-state index is -0.544. The van der Waals surface area contributed by atoms with Gasteiger partial charge in [-0.15, -0.1) is 0 Å². The highest BCUT2D eigenvalue weighted by molar-refractivity contribution is 5.91. The maximum atomic E-state index is 11.2. The summed E-state index contributed by atoms with van der Waals surface area (Å²) in [5.41, 5.74) is 12.0. The molecule has 0 aliphatic rings. The fourth-order valence-corrected chi connectivity index (χ4v) is 2.12. The molecule has 1 aromatic rings. The molecule has 0 saturated carbocycles. The molecule has 1 atom stereocenters. The fourth-order valence-electron chi connectivity index (χ4n) is 2.12. The Labute approximate surface area is 114 Å². The van der Waals surface area contributed by atoms with Gasteiger partial charge in [0.15, 0.2) is 5.82 Å². The second kappa shape index (κ2) is 6.38. The number of nitrogens with zero attached hydrogens (tertiary/aromatic N) is 3. The van der Waals surface area contributed by atoms with Gasteiger partial charge >= 0.3 is 0 Å². The van der Waals surface area contributed by atoms with Crippen LogP contribution in [0.3, 0.4) is 0 Å². The Morgan fingerprint density at radius 2 is 2.05 bits per heavy atom. The van der Waals surface area contributed by atoms with Gasteiger partial charge in [-0.2, -0.15) is 0 Å². The predicted molar refractivity (Wildman–Crippen MR) is 78.2 cm³/mol. The number of carbonyl (C=O) groups is 1. The molecule has 0 radical (unpaired) electrons. The van der Waals surface area contributed by atoms with Crippen molar-refractivity contribution >= 4 is 17.4 Å². The van der Waals surface area contributed by atoms with Crippen LogP contribution in [0.25, 0.3) is 0 Å². The smallest absolute Gasteiger partial charge is 0.267 e. The third-order valence-corrected chi connectivity index (χ3v) is 2.93. The Kier molecular flexibility index (Phi) is 5.11. The standard InChI is InChI=1S/C13H23N5O/c1-5-18(9(2)8-17(3)4)13-10(14)6-7-11(16-13)12(15)19/h6-7,9H,5,8,14H2,1-4H3,(H2,15,19). The number of hydrogen-bond donors (Lipinski definition) is 2. The van der Waals surface area contributed by atoms with E-state index in [1.807, 2.05) is 21.0 Å². The molecule has 0 bridgehead atoms. The number of nitrogens with two attached hydrogens (primary N) is 2. The lowest BCUT2D eigenvalue weighted by Gasteiger charge is -2.32. The number of nitrogen functional groups attached to an aromatic ring is 1. The van der Waals surface area contributed by atoms with Crippen LogP contribution >= 0.6 is 0 Å². The van der Waals surface area contributed by atoms with E-state index in [1.54, 1.807) is 12.1 Å². The van der Waals surface area contributed by atoms with Gasteiger partial charge in [0.2, 0.25) is 0 Å². The molecule has 1 amide bonds. The first-order chi connectivity index (χ1) is 8.86. The van der Waals surface area contributed by atoms with Crippen molar-refractivity contribution in [2.45, 2.75) is 19.9 Å². The summed E-state index contributed by atoms with van der Waals surface area (Å²) in [7, 11) is 4.03. The number of hydrogen-bond acceptors (Lipinski definition) is 5. The largest absolute Gasteiger partial charge is 0.396 e. The first kappa shape index (κ1) is 15.2. The number of likely N-dealkylation sites (N-methyl/N-ethyl adjacent to an activating group) is 2. The van der Waals surface area contributed by atoms with Gasteiger partial charge in [-0.3, -0.25) is 4.79 Å². The van der Waals surface area contributed by atoms with Crippen molar-refractivity contribution < 1.29 is 4.79 Å². The molecule has 106 valence electrons. The quantitative estimate of drug-likeness (QED) is 0.783. The first-order valence-electron chi connectivity index (χ1n) is 6.34. The molecule has 19 heavy (non-hydrogen) atoms. The fraction of sp³-hybridized carbons (Fsp3) is 0.538. The summed E-state index contributed by atoms with van der Waals surface area (Å²) >= 11 is 0. The molecule has 0 aliphatic carbocycles. The summed E-state index contributed by atoms with van der Waals surface area (Å²) in [5.74, 6) is 0.0747. The second-order valence-corrected chi connectivity index (χ2v) is 4.87. The first-order valence-corrected chi connectivity index (χ1v) is 6.34. The zero-order chi connectivity index (χ0) is 14.6. The van der Waals surface area contributed by atoms with Crippen LogP contribution in [-0.2, 0) is 0 Å².